The summed E-state index contributed by atoms with van der Waals surface area (Å²) in [5, 5.41) is 0. The number of rotatable bonds is 23. The van der Waals surface area contributed by atoms with E-state index in [0.717, 1.165) is 68.8 Å². The number of carbonyl (C=O) groups is 11. The summed E-state index contributed by atoms with van der Waals surface area (Å²) in [5.74, 6) is -10.3. The predicted molar refractivity (Wildman–Crippen MR) is 246 cm³/mol. The van der Waals surface area contributed by atoms with E-state index in [1.807, 2.05) is 6.92 Å². The van der Waals surface area contributed by atoms with E-state index >= 15 is 0 Å². The van der Waals surface area contributed by atoms with E-state index in [1.165, 1.54) is 13.0 Å². The molecule has 2 saturated heterocycles. The van der Waals surface area contributed by atoms with Crippen LogP contribution in [0.2, 0.25) is 0 Å². The number of hydrogen-bond donors (Lipinski definition) is 0. The molecule has 0 aromatic carbocycles. The van der Waals surface area contributed by atoms with Gasteiger partial charge in [-0.1, -0.05) is 19.1 Å². The molecule has 418 valence electrons. The molecule has 0 bridgehead atoms. The first-order valence-electron chi connectivity index (χ1n) is 23.7. The highest BCUT2D eigenvalue weighted by atomic mass is 16.8. The second-order valence-electron chi connectivity index (χ2n) is 17.3. The van der Waals surface area contributed by atoms with Gasteiger partial charge in [0, 0.05) is 72.5 Å². The maximum atomic E-state index is 13.5. The largest absolute Gasteiger partial charge is 0.468 e. The van der Waals surface area contributed by atoms with Gasteiger partial charge in [0.25, 0.3) is 0 Å². The molecule has 26 nitrogen and oxygen atoms in total. The lowest BCUT2D eigenvalue weighted by Gasteiger charge is -2.45. The van der Waals surface area contributed by atoms with Gasteiger partial charge in [0.1, 0.15) is 25.4 Å². The van der Waals surface area contributed by atoms with E-state index in [2.05, 4.69) is 0 Å². The Kier molecular flexibility index (Phi) is 24.8. The SMILES string of the molecule is C/C=C1/[C@H](O[C@@H]2O[C@H](COC(C)=O)[C@@H](OC(C)=O)[C@H](OC(C)=O)[C@H]2OC(C)=O)OC=C(C(=O)OC)[C@H]1CC(=O)OCCC(C)CC/C=C(\C)C(=O)O[C@@H]1O[C@H](COC(C)=O)[C@@H](OC(C)=O)[C@H](OC(C)=O)[C@H]1OC(C)=O. The Bertz CT molecular complexity index is 2190. The van der Waals surface area contributed by atoms with E-state index in [9.17, 15) is 52.7 Å². The molecule has 0 spiro atoms. The fourth-order valence-electron chi connectivity index (χ4n) is 7.94. The third-order valence-corrected chi connectivity index (χ3v) is 11.2. The summed E-state index contributed by atoms with van der Waals surface area (Å²) in [4.78, 5) is 137. The average molecular weight is 1070 g/mol. The van der Waals surface area contributed by atoms with Crippen LogP contribution in [-0.2, 0) is 124 Å². The van der Waals surface area contributed by atoms with Gasteiger partial charge in [0.2, 0.25) is 25.0 Å². The highest BCUT2D eigenvalue weighted by Gasteiger charge is 2.55. The molecule has 0 radical (unpaired) electrons. The van der Waals surface area contributed by atoms with E-state index < -0.39 is 159 Å². The monoisotopic (exact) mass is 1070 g/mol. The standard InChI is InChI=1S/C49H66O26/c1-13-33-34(35(46(60)61-12)20-65-47(33)75-49-44(71-32(11)57)42(69-30(9)55)40(67-28(7)53)37(73-49)22-64-26(5)51)19-38(58)62-18-17-23(2)15-14-16-24(3)45(59)74-48-43(70-31(10)56)41(68-29(8)54)39(66-27(6)52)36(72-48)21-63-25(4)50/h13,16,20,23,34,36-37,39-44,47-49H,14-15,17-19,21-22H2,1-12H3/b24-16+,33-13+/t23?,34-,36+,37+,39+,40+,41-,42-,43+,44+,47-,48-,49-/m0/s1. The van der Waals surface area contributed by atoms with Gasteiger partial charge in [-0.05, 0) is 39.0 Å². The molecule has 26 heteroatoms. The smallest absolute Gasteiger partial charge is 0.337 e. The zero-order valence-electron chi connectivity index (χ0n) is 43.8. The third kappa shape index (κ3) is 19.7. The van der Waals surface area contributed by atoms with Crippen LogP contribution in [0.4, 0.5) is 0 Å². The van der Waals surface area contributed by atoms with Crippen molar-refractivity contribution in [2.75, 3.05) is 26.9 Å². The number of carbonyl (C=O) groups excluding carboxylic acids is 11. The normalized spacial score (nSPS) is 27.3. The van der Waals surface area contributed by atoms with Crippen molar-refractivity contribution in [2.45, 2.75) is 170 Å². The molecule has 0 aromatic heterocycles. The molecule has 1 unspecified atom stereocenters. The van der Waals surface area contributed by atoms with Crippen LogP contribution >= 0.6 is 0 Å². The predicted octanol–water partition coefficient (Wildman–Crippen LogP) is 2.37. The molecule has 75 heavy (non-hydrogen) atoms. The van der Waals surface area contributed by atoms with Crippen molar-refractivity contribution in [3.8, 4) is 0 Å². The van der Waals surface area contributed by atoms with Crippen molar-refractivity contribution < 1.29 is 124 Å². The summed E-state index contributed by atoms with van der Waals surface area (Å²) < 4.78 is 82.7. The first-order valence-corrected chi connectivity index (χ1v) is 23.7. The van der Waals surface area contributed by atoms with Crippen LogP contribution in [0.25, 0.3) is 0 Å². The highest BCUT2D eigenvalue weighted by Crippen LogP contribution is 2.38. The Labute approximate surface area is 432 Å². The molecule has 0 amide bonds. The number of hydrogen-bond acceptors (Lipinski definition) is 26. The maximum absolute atomic E-state index is 13.5. The number of ether oxygens (including phenoxy) is 15. The van der Waals surface area contributed by atoms with E-state index in [-0.39, 0.29) is 29.2 Å². The molecular formula is C49H66O26. The van der Waals surface area contributed by atoms with Crippen LogP contribution in [0.5, 0.6) is 0 Å². The number of methoxy groups -OCH3 is 1. The highest BCUT2D eigenvalue weighted by molar-refractivity contribution is 5.91. The minimum absolute atomic E-state index is 0.0655. The van der Waals surface area contributed by atoms with Gasteiger partial charge >= 0.3 is 65.7 Å². The molecule has 3 aliphatic rings. The molecule has 0 saturated carbocycles. The van der Waals surface area contributed by atoms with Gasteiger partial charge in [0.05, 0.1) is 32.0 Å². The lowest BCUT2D eigenvalue weighted by molar-refractivity contribution is -0.331. The Hall–Kier alpha value is -6.93. The fraction of sp³-hybridized carbons (Fsp3) is 0.653. The van der Waals surface area contributed by atoms with E-state index in [1.54, 1.807) is 13.0 Å². The maximum Gasteiger partial charge on any atom is 0.337 e. The van der Waals surface area contributed by atoms with Gasteiger partial charge in [-0.25, -0.2) is 9.59 Å². The summed E-state index contributed by atoms with van der Waals surface area (Å²) >= 11 is 0. The summed E-state index contributed by atoms with van der Waals surface area (Å²) in [6.45, 7) is 12.3. The Morgan fingerprint density at radius 3 is 1.48 bits per heavy atom. The lowest BCUT2D eigenvalue weighted by Crippen LogP contribution is -2.63. The number of esters is 11. The van der Waals surface area contributed by atoms with Crippen molar-refractivity contribution in [1.29, 1.82) is 0 Å². The molecule has 0 aliphatic carbocycles. The Morgan fingerprint density at radius 1 is 0.573 bits per heavy atom. The van der Waals surface area contributed by atoms with Crippen molar-refractivity contribution in [3.05, 3.63) is 35.1 Å². The van der Waals surface area contributed by atoms with Crippen LogP contribution < -0.4 is 0 Å². The quantitative estimate of drug-likeness (QED) is 0.0613. The van der Waals surface area contributed by atoms with Crippen LogP contribution in [0.1, 0.15) is 102 Å². The molecule has 0 aromatic rings. The second-order valence-corrected chi connectivity index (χ2v) is 17.3. The summed E-state index contributed by atoms with van der Waals surface area (Å²) in [5.41, 5.74) is 0.196. The van der Waals surface area contributed by atoms with Crippen LogP contribution in [0, 0.1) is 11.8 Å². The first-order chi connectivity index (χ1) is 35.3. The average Bonchev–Trinajstić information content (AvgIpc) is 3.30. The van der Waals surface area contributed by atoms with E-state index in [4.69, 9.17) is 71.1 Å². The Balaban J connectivity index is 1.72. The zero-order chi connectivity index (χ0) is 56.3. The molecule has 2 fully saturated rings. The van der Waals surface area contributed by atoms with Crippen LogP contribution in [-0.4, -0.2) is 160 Å². The van der Waals surface area contributed by atoms with Crippen molar-refractivity contribution >= 4 is 65.7 Å². The van der Waals surface area contributed by atoms with Crippen molar-refractivity contribution in [3.63, 3.8) is 0 Å². The van der Waals surface area contributed by atoms with Crippen molar-refractivity contribution in [1.82, 2.24) is 0 Å². The summed E-state index contributed by atoms with van der Waals surface area (Å²) in [7, 11) is 1.12. The minimum atomic E-state index is -1.72. The van der Waals surface area contributed by atoms with Gasteiger partial charge in [0.15, 0.2) is 30.5 Å². The molecule has 13 atom stereocenters. The fourth-order valence-corrected chi connectivity index (χ4v) is 7.94. The molecule has 3 aliphatic heterocycles. The topological polar surface area (TPSA) is 326 Å². The van der Waals surface area contributed by atoms with Gasteiger partial charge < -0.3 is 71.1 Å². The first kappa shape index (κ1) is 62.4. The van der Waals surface area contributed by atoms with Gasteiger partial charge in [-0.2, -0.15) is 0 Å². The third-order valence-electron chi connectivity index (χ3n) is 11.2. The van der Waals surface area contributed by atoms with Gasteiger partial charge in [-0.3, -0.25) is 43.2 Å². The van der Waals surface area contributed by atoms with E-state index in [0.29, 0.717) is 19.3 Å². The molecular weight excluding hydrogens is 1000 g/mol. The Morgan fingerprint density at radius 2 is 1.03 bits per heavy atom. The van der Waals surface area contributed by atoms with Crippen molar-refractivity contribution in [2.24, 2.45) is 11.8 Å². The molecule has 3 rings (SSSR count). The lowest BCUT2D eigenvalue weighted by atomic mass is 9.86. The van der Waals surface area contributed by atoms with Crippen LogP contribution in [0.15, 0.2) is 35.1 Å². The minimum Gasteiger partial charge on any atom is -0.468 e. The summed E-state index contributed by atoms with van der Waals surface area (Å²) in [6, 6.07) is 0. The number of allylic oxidation sites excluding steroid dienone is 2. The molecule has 3 heterocycles. The zero-order valence-corrected chi connectivity index (χ0v) is 43.8. The van der Waals surface area contributed by atoms with Gasteiger partial charge in [-0.15, -0.1) is 0 Å². The van der Waals surface area contributed by atoms with Crippen LogP contribution in [0.3, 0.4) is 0 Å². The summed E-state index contributed by atoms with van der Waals surface area (Å²) in [6.07, 6.45) is -12.0. The second kappa shape index (κ2) is 29.8. The molecule has 0 N–H and O–H groups in total.